The summed E-state index contributed by atoms with van der Waals surface area (Å²) in [5.74, 6) is 0.120. The van der Waals surface area contributed by atoms with Gasteiger partial charge in [-0.3, -0.25) is 14.5 Å². The normalized spacial score (nSPS) is 19.0. The van der Waals surface area contributed by atoms with E-state index in [-0.39, 0.29) is 30.1 Å². The summed E-state index contributed by atoms with van der Waals surface area (Å²) in [6.45, 7) is 2.00. The van der Waals surface area contributed by atoms with Crippen LogP contribution in [-0.2, 0) is 9.59 Å². The zero-order chi connectivity index (χ0) is 16.4. The van der Waals surface area contributed by atoms with Gasteiger partial charge in [0.1, 0.15) is 5.75 Å². The zero-order valence-corrected chi connectivity index (χ0v) is 13.2. The topological polar surface area (TPSA) is 46.6 Å². The molecule has 0 N–H and O–H groups in total. The number of nitrogens with zero attached hydrogens (tertiary/aromatic N) is 1. The third kappa shape index (κ3) is 2.84. The minimum absolute atomic E-state index is 0.0101. The van der Waals surface area contributed by atoms with E-state index in [1.54, 1.807) is 31.4 Å². The van der Waals surface area contributed by atoms with Crippen molar-refractivity contribution >= 4 is 17.5 Å². The van der Waals surface area contributed by atoms with Crippen molar-refractivity contribution in [3.05, 3.63) is 60.2 Å². The van der Waals surface area contributed by atoms with Crippen molar-refractivity contribution < 1.29 is 14.3 Å². The highest BCUT2D eigenvalue weighted by atomic mass is 16.5. The lowest BCUT2D eigenvalue weighted by Crippen LogP contribution is -2.31. The summed E-state index contributed by atoms with van der Waals surface area (Å²) in [6.07, 6.45) is 0.251. The molecule has 0 saturated carbocycles. The quantitative estimate of drug-likeness (QED) is 0.813. The number of hydrogen-bond acceptors (Lipinski definition) is 3. The molecule has 2 atom stereocenters. The molecule has 4 nitrogen and oxygen atoms in total. The maximum atomic E-state index is 12.8. The highest BCUT2D eigenvalue weighted by molar-refractivity contribution is 6.21. The Morgan fingerprint density at radius 3 is 2.30 bits per heavy atom. The number of hydrogen-bond donors (Lipinski definition) is 0. The predicted molar refractivity (Wildman–Crippen MR) is 88.5 cm³/mol. The van der Waals surface area contributed by atoms with Gasteiger partial charge in [0.2, 0.25) is 11.8 Å². The van der Waals surface area contributed by atoms with Crippen molar-refractivity contribution in [2.45, 2.75) is 19.3 Å². The molecule has 4 heteroatoms. The Hall–Kier alpha value is -2.62. The molecule has 2 aromatic carbocycles. The summed E-state index contributed by atoms with van der Waals surface area (Å²) in [4.78, 5) is 26.4. The van der Waals surface area contributed by atoms with E-state index in [0.29, 0.717) is 11.4 Å². The molecular formula is C19H19NO3. The van der Waals surface area contributed by atoms with E-state index in [1.807, 2.05) is 37.3 Å². The smallest absolute Gasteiger partial charge is 0.237 e. The van der Waals surface area contributed by atoms with Crippen LogP contribution in [0, 0.1) is 5.92 Å². The number of benzene rings is 2. The van der Waals surface area contributed by atoms with Crippen LogP contribution in [-0.4, -0.2) is 18.9 Å². The van der Waals surface area contributed by atoms with Gasteiger partial charge in [-0.15, -0.1) is 0 Å². The van der Waals surface area contributed by atoms with E-state index in [0.717, 1.165) is 5.56 Å². The molecule has 1 aliphatic rings. The van der Waals surface area contributed by atoms with Gasteiger partial charge in [0.25, 0.3) is 0 Å². The molecule has 0 radical (unpaired) electrons. The van der Waals surface area contributed by atoms with E-state index in [9.17, 15) is 9.59 Å². The van der Waals surface area contributed by atoms with Crippen molar-refractivity contribution in [2.24, 2.45) is 5.92 Å². The first-order valence-corrected chi connectivity index (χ1v) is 7.67. The van der Waals surface area contributed by atoms with Crippen LogP contribution in [0.1, 0.15) is 24.8 Å². The van der Waals surface area contributed by atoms with Gasteiger partial charge in [0.05, 0.1) is 18.7 Å². The fourth-order valence-electron chi connectivity index (χ4n) is 3.04. The molecule has 1 aliphatic heterocycles. The Balaban J connectivity index is 1.84. The molecule has 0 bridgehead atoms. The van der Waals surface area contributed by atoms with Crippen LogP contribution in [0.15, 0.2) is 54.6 Å². The van der Waals surface area contributed by atoms with Crippen LogP contribution in [0.4, 0.5) is 5.69 Å². The van der Waals surface area contributed by atoms with E-state index in [2.05, 4.69) is 0 Å². The zero-order valence-electron chi connectivity index (χ0n) is 13.2. The highest BCUT2D eigenvalue weighted by Gasteiger charge is 2.42. The molecule has 0 unspecified atom stereocenters. The lowest BCUT2D eigenvalue weighted by Gasteiger charge is -2.19. The molecule has 118 valence electrons. The number of rotatable bonds is 4. The number of methoxy groups -OCH3 is 1. The minimum Gasteiger partial charge on any atom is -0.497 e. The van der Waals surface area contributed by atoms with Crippen LogP contribution >= 0.6 is 0 Å². The van der Waals surface area contributed by atoms with Gasteiger partial charge < -0.3 is 4.74 Å². The first kappa shape index (κ1) is 15.3. The van der Waals surface area contributed by atoms with Gasteiger partial charge in [-0.2, -0.15) is 0 Å². The summed E-state index contributed by atoms with van der Waals surface area (Å²) in [6, 6.07) is 16.8. The molecule has 3 rings (SSSR count). The summed E-state index contributed by atoms with van der Waals surface area (Å²) in [5, 5.41) is 0. The first-order valence-electron chi connectivity index (χ1n) is 7.67. The number of carbonyl (C=O) groups excluding carboxylic acids is 2. The number of imide groups is 1. The van der Waals surface area contributed by atoms with Crippen LogP contribution in [0.5, 0.6) is 5.75 Å². The van der Waals surface area contributed by atoms with Crippen molar-refractivity contribution in [3.63, 3.8) is 0 Å². The first-order chi connectivity index (χ1) is 11.1. The lowest BCUT2D eigenvalue weighted by atomic mass is 9.86. The summed E-state index contributed by atoms with van der Waals surface area (Å²) in [7, 11) is 1.58. The number of carbonyl (C=O) groups is 2. The van der Waals surface area contributed by atoms with E-state index in [4.69, 9.17) is 4.74 Å². The molecule has 1 saturated heterocycles. The maximum absolute atomic E-state index is 12.8. The summed E-state index contributed by atoms with van der Waals surface area (Å²) in [5.41, 5.74) is 1.68. The highest BCUT2D eigenvalue weighted by Crippen LogP contribution is 2.36. The number of anilines is 1. The van der Waals surface area contributed by atoms with Crippen molar-refractivity contribution in [1.82, 2.24) is 0 Å². The van der Waals surface area contributed by atoms with Crippen LogP contribution in [0.25, 0.3) is 0 Å². The van der Waals surface area contributed by atoms with Gasteiger partial charge in [-0.25, -0.2) is 0 Å². The Bertz CT molecular complexity index is 709. The summed E-state index contributed by atoms with van der Waals surface area (Å²) < 4.78 is 5.11. The minimum atomic E-state index is -0.313. The number of amides is 2. The van der Waals surface area contributed by atoms with Crippen LogP contribution in [0.2, 0.25) is 0 Å². The third-order valence-electron chi connectivity index (χ3n) is 4.44. The Kier molecular flexibility index (Phi) is 4.15. The van der Waals surface area contributed by atoms with Gasteiger partial charge in [-0.05, 0) is 35.7 Å². The molecular weight excluding hydrogens is 290 g/mol. The van der Waals surface area contributed by atoms with Crippen molar-refractivity contribution in [2.75, 3.05) is 12.0 Å². The second-order valence-corrected chi connectivity index (χ2v) is 5.78. The van der Waals surface area contributed by atoms with Gasteiger partial charge in [-0.1, -0.05) is 37.3 Å². The van der Waals surface area contributed by atoms with Gasteiger partial charge >= 0.3 is 0 Å². The van der Waals surface area contributed by atoms with Gasteiger partial charge in [0, 0.05) is 6.42 Å². The Morgan fingerprint density at radius 1 is 1.04 bits per heavy atom. The molecule has 1 heterocycles. The van der Waals surface area contributed by atoms with Crippen molar-refractivity contribution in [3.8, 4) is 5.75 Å². The lowest BCUT2D eigenvalue weighted by molar-refractivity contribution is -0.122. The largest absolute Gasteiger partial charge is 0.497 e. The standard InChI is InChI=1S/C19H19NO3/c1-13(14-6-4-3-5-7-14)17-12-18(21)20(19(17)22)15-8-10-16(23-2)11-9-15/h3-11,13,17H,12H2,1-2H3/t13-,17-/m0/s1. The fourth-order valence-corrected chi connectivity index (χ4v) is 3.04. The van der Waals surface area contributed by atoms with Crippen molar-refractivity contribution in [1.29, 1.82) is 0 Å². The number of ether oxygens (including phenoxy) is 1. The molecule has 0 aromatic heterocycles. The molecule has 2 amide bonds. The Morgan fingerprint density at radius 2 is 1.70 bits per heavy atom. The summed E-state index contributed by atoms with van der Waals surface area (Å²) >= 11 is 0. The molecule has 1 fully saturated rings. The maximum Gasteiger partial charge on any atom is 0.237 e. The SMILES string of the molecule is COc1ccc(N2C(=O)C[C@@H]([C@@H](C)c3ccccc3)C2=O)cc1. The molecule has 2 aromatic rings. The van der Waals surface area contributed by atoms with Crippen LogP contribution < -0.4 is 9.64 Å². The van der Waals surface area contributed by atoms with E-state index >= 15 is 0 Å². The van der Waals surface area contributed by atoms with E-state index < -0.39 is 0 Å². The third-order valence-corrected chi connectivity index (χ3v) is 4.44. The monoisotopic (exact) mass is 309 g/mol. The predicted octanol–water partition coefficient (Wildman–Crippen LogP) is 3.38. The Labute approximate surface area is 135 Å². The fraction of sp³-hybridized carbons (Fsp3) is 0.263. The van der Waals surface area contributed by atoms with E-state index in [1.165, 1.54) is 4.90 Å². The average Bonchev–Trinajstić information content (AvgIpc) is 2.89. The molecule has 0 aliphatic carbocycles. The second-order valence-electron chi connectivity index (χ2n) is 5.78. The second kappa shape index (κ2) is 6.24. The average molecular weight is 309 g/mol. The molecule has 23 heavy (non-hydrogen) atoms. The molecule has 0 spiro atoms. The van der Waals surface area contributed by atoms with Gasteiger partial charge in [0.15, 0.2) is 0 Å². The van der Waals surface area contributed by atoms with Crippen LogP contribution in [0.3, 0.4) is 0 Å².